The number of nitrogens with one attached hydrogen (secondary N) is 2. The topological polar surface area (TPSA) is 61.8 Å². The predicted molar refractivity (Wildman–Crippen MR) is 109 cm³/mol. The average molecular weight is 447 g/mol. The third kappa shape index (κ3) is 6.43. The Labute approximate surface area is 162 Å². The fraction of sp³-hybridized carbons (Fsp3) is 0.647. The van der Waals surface area contributed by atoms with Crippen LogP contribution in [0.5, 0.6) is 5.88 Å². The van der Waals surface area contributed by atoms with Crippen LogP contribution in [-0.4, -0.2) is 55.2 Å². The van der Waals surface area contributed by atoms with Gasteiger partial charge in [0.15, 0.2) is 5.96 Å². The first-order chi connectivity index (χ1) is 11.3. The Morgan fingerprint density at radius 2 is 2.21 bits per heavy atom. The van der Waals surface area contributed by atoms with E-state index in [-0.39, 0.29) is 24.0 Å². The highest BCUT2D eigenvalue weighted by molar-refractivity contribution is 14.0. The third-order valence-corrected chi connectivity index (χ3v) is 4.18. The van der Waals surface area contributed by atoms with E-state index in [1.54, 1.807) is 7.11 Å². The van der Waals surface area contributed by atoms with E-state index in [1.165, 1.54) is 19.4 Å². The standard InChI is InChI=1S/C17H29N5O.HI/c1-4-18-17(21-13-15-7-6-10-22(15)5-2)20-12-14-8-9-16(23-3)19-11-14;/h8-9,11,15H,4-7,10,12-13H2,1-3H3,(H2,18,20,21);1H. The molecule has 2 heterocycles. The van der Waals surface area contributed by atoms with Gasteiger partial charge in [-0.3, -0.25) is 4.90 Å². The summed E-state index contributed by atoms with van der Waals surface area (Å²) in [6.07, 6.45) is 4.37. The zero-order valence-corrected chi connectivity index (χ0v) is 17.2. The molecule has 1 aromatic heterocycles. The molecule has 0 saturated carbocycles. The van der Waals surface area contributed by atoms with E-state index < -0.39 is 0 Å². The van der Waals surface area contributed by atoms with E-state index in [1.807, 2.05) is 18.3 Å². The lowest BCUT2D eigenvalue weighted by molar-refractivity contribution is 0.267. The molecule has 1 fully saturated rings. The molecule has 0 bridgehead atoms. The first kappa shape index (κ1) is 21.0. The Balaban J connectivity index is 0.00000288. The number of hydrogen-bond acceptors (Lipinski definition) is 4. The van der Waals surface area contributed by atoms with Crippen molar-refractivity contribution in [3.05, 3.63) is 23.9 Å². The summed E-state index contributed by atoms with van der Waals surface area (Å²) in [6, 6.07) is 4.48. The number of guanidine groups is 1. The second kappa shape index (κ2) is 11.5. The van der Waals surface area contributed by atoms with Crippen LogP contribution in [0.3, 0.4) is 0 Å². The van der Waals surface area contributed by atoms with Gasteiger partial charge in [-0.15, -0.1) is 24.0 Å². The van der Waals surface area contributed by atoms with Gasteiger partial charge in [0.25, 0.3) is 0 Å². The number of ether oxygens (including phenoxy) is 1. The Hall–Kier alpha value is -1.09. The van der Waals surface area contributed by atoms with Crippen molar-refractivity contribution in [1.82, 2.24) is 20.5 Å². The molecule has 0 aliphatic carbocycles. The summed E-state index contributed by atoms with van der Waals surface area (Å²) >= 11 is 0. The lowest BCUT2D eigenvalue weighted by Gasteiger charge is -2.24. The van der Waals surface area contributed by atoms with Crippen molar-refractivity contribution in [2.75, 3.05) is 33.3 Å². The second-order valence-electron chi connectivity index (χ2n) is 5.71. The zero-order chi connectivity index (χ0) is 16.5. The third-order valence-electron chi connectivity index (χ3n) is 4.18. The SMILES string of the molecule is CCNC(=NCc1ccc(OC)nc1)NCC1CCCN1CC.I. The number of pyridine rings is 1. The van der Waals surface area contributed by atoms with Crippen molar-refractivity contribution >= 4 is 29.9 Å². The predicted octanol–water partition coefficient (Wildman–Crippen LogP) is 2.25. The van der Waals surface area contributed by atoms with Gasteiger partial charge in [-0.25, -0.2) is 9.98 Å². The summed E-state index contributed by atoms with van der Waals surface area (Å²) < 4.78 is 5.07. The molecule has 6 nitrogen and oxygen atoms in total. The van der Waals surface area contributed by atoms with Crippen molar-refractivity contribution in [2.45, 2.75) is 39.3 Å². The summed E-state index contributed by atoms with van der Waals surface area (Å²) in [5.41, 5.74) is 1.07. The number of methoxy groups -OCH3 is 1. The zero-order valence-electron chi connectivity index (χ0n) is 14.9. The number of likely N-dealkylation sites (N-methyl/N-ethyl adjacent to an activating group) is 1. The largest absolute Gasteiger partial charge is 0.481 e. The number of likely N-dealkylation sites (tertiary alicyclic amines) is 1. The summed E-state index contributed by atoms with van der Waals surface area (Å²) in [7, 11) is 1.62. The molecule has 0 amide bonds. The van der Waals surface area contributed by atoms with E-state index >= 15 is 0 Å². The number of rotatable bonds is 7. The maximum Gasteiger partial charge on any atom is 0.212 e. The van der Waals surface area contributed by atoms with E-state index in [0.717, 1.165) is 31.2 Å². The Morgan fingerprint density at radius 1 is 1.38 bits per heavy atom. The van der Waals surface area contributed by atoms with Crippen LogP contribution in [0.25, 0.3) is 0 Å². The molecule has 1 aliphatic heterocycles. The number of nitrogens with zero attached hydrogens (tertiary/aromatic N) is 3. The monoisotopic (exact) mass is 447 g/mol. The van der Waals surface area contributed by atoms with Gasteiger partial charge in [0.05, 0.1) is 13.7 Å². The number of hydrogen-bond donors (Lipinski definition) is 2. The minimum absolute atomic E-state index is 0. The molecule has 24 heavy (non-hydrogen) atoms. The van der Waals surface area contributed by atoms with Crippen LogP contribution in [0.1, 0.15) is 32.3 Å². The van der Waals surface area contributed by atoms with E-state index in [0.29, 0.717) is 18.5 Å². The van der Waals surface area contributed by atoms with Crippen molar-refractivity contribution < 1.29 is 4.74 Å². The maximum absolute atomic E-state index is 5.07. The van der Waals surface area contributed by atoms with Crippen LogP contribution < -0.4 is 15.4 Å². The van der Waals surface area contributed by atoms with Crippen molar-refractivity contribution in [3.63, 3.8) is 0 Å². The summed E-state index contributed by atoms with van der Waals surface area (Å²) in [6.45, 7) is 9.06. The van der Waals surface area contributed by atoms with Crippen LogP contribution in [-0.2, 0) is 6.54 Å². The van der Waals surface area contributed by atoms with Gasteiger partial charge in [0, 0.05) is 31.4 Å². The average Bonchev–Trinajstić information content (AvgIpc) is 3.05. The maximum atomic E-state index is 5.07. The van der Waals surface area contributed by atoms with Gasteiger partial charge in [0.1, 0.15) is 0 Å². The Bertz CT molecular complexity index is 494. The summed E-state index contributed by atoms with van der Waals surface area (Å²) in [5, 5.41) is 6.78. The molecule has 0 radical (unpaired) electrons. The summed E-state index contributed by atoms with van der Waals surface area (Å²) in [4.78, 5) is 11.4. The molecule has 0 spiro atoms. The molecular weight excluding hydrogens is 417 g/mol. The Morgan fingerprint density at radius 3 is 2.83 bits per heavy atom. The van der Waals surface area contributed by atoms with Crippen LogP contribution in [0, 0.1) is 0 Å². The fourth-order valence-electron chi connectivity index (χ4n) is 2.89. The lowest BCUT2D eigenvalue weighted by atomic mass is 10.2. The van der Waals surface area contributed by atoms with Gasteiger partial charge in [-0.1, -0.05) is 13.0 Å². The molecule has 1 unspecified atom stereocenters. The number of aliphatic imine (C=N–C) groups is 1. The first-order valence-corrected chi connectivity index (χ1v) is 8.52. The minimum Gasteiger partial charge on any atom is -0.481 e. The van der Waals surface area contributed by atoms with E-state index in [4.69, 9.17) is 4.74 Å². The highest BCUT2D eigenvalue weighted by Crippen LogP contribution is 2.15. The quantitative estimate of drug-likeness (QED) is 0.382. The van der Waals surface area contributed by atoms with Crippen molar-refractivity contribution in [2.24, 2.45) is 4.99 Å². The highest BCUT2D eigenvalue weighted by Gasteiger charge is 2.22. The fourth-order valence-corrected chi connectivity index (χ4v) is 2.89. The summed E-state index contributed by atoms with van der Waals surface area (Å²) in [5.74, 6) is 1.50. The van der Waals surface area contributed by atoms with Crippen LogP contribution in [0.15, 0.2) is 23.3 Å². The molecular formula is C17H30IN5O. The highest BCUT2D eigenvalue weighted by atomic mass is 127. The van der Waals surface area contributed by atoms with Crippen LogP contribution >= 0.6 is 24.0 Å². The van der Waals surface area contributed by atoms with Crippen molar-refractivity contribution in [3.8, 4) is 5.88 Å². The molecule has 0 aromatic carbocycles. The van der Waals surface area contributed by atoms with Gasteiger partial charge < -0.3 is 15.4 Å². The molecule has 1 atom stereocenters. The van der Waals surface area contributed by atoms with Crippen LogP contribution in [0.2, 0.25) is 0 Å². The van der Waals surface area contributed by atoms with Gasteiger partial charge in [-0.2, -0.15) is 0 Å². The molecule has 2 rings (SSSR count). The Kier molecular flexibility index (Phi) is 10.0. The number of aromatic nitrogens is 1. The van der Waals surface area contributed by atoms with Gasteiger partial charge in [-0.05, 0) is 38.4 Å². The van der Waals surface area contributed by atoms with E-state index in [9.17, 15) is 0 Å². The van der Waals surface area contributed by atoms with E-state index in [2.05, 4.69) is 39.4 Å². The molecule has 1 aromatic rings. The van der Waals surface area contributed by atoms with Crippen LogP contribution in [0.4, 0.5) is 0 Å². The first-order valence-electron chi connectivity index (χ1n) is 8.52. The van der Waals surface area contributed by atoms with Crippen molar-refractivity contribution in [1.29, 1.82) is 0 Å². The second-order valence-corrected chi connectivity index (χ2v) is 5.71. The minimum atomic E-state index is 0. The lowest BCUT2D eigenvalue weighted by Crippen LogP contribution is -2.44. The number of halogens is 1. The van der Waals surface area contributed by atoms with Gasteiger partial charge in [0.2, 0.25) is 5.88 Å². The van der Waals surface area contributed by atoms with Gasteiger partial charge >= 0.3 is 0 Å². The molecule has 1 saturated heterocycles. The normalized spacial score (nSPS) is 18.1. The molecule has 7 heteroatoms. The molecule has 1 aliphatic rings. The molecule has 136 valence electrons. The smallest absolute Gasteiger partial charge is 0.212 e. The molecule has 2 N–H and O–H groups in total.